The molecule has 0 bridgehead atoms. The molecule has 3 aromatic rings. The third kappa shape index (κ3) is 3.20. The lowest BCUT2D eigenvalue weighted by atomic mass is 10.0. The number of rotatable bonds is 4. The van der Waals surface area contributed by atoms with Crippen molar-refractivity contribution in [1.82, 2.24) is 14.5 Å². The summed E-state index contributed by atoms with van der Waals surface area (Å²) in [7, 11) is 0. The van der Waals surface area contributed by atoms with Gasteiger partial charge in [-0.1, -0.05) is 13.0 Å². The van der Waals surface area contributed by atoms with Crippen LogP contribution in [0.3, 0.4) is 0 Å². The largest absolute Gasteiger partial charge is 0.320 e. The summed E-state index contributed by atoms with van der Waals surface area (Å²) in [5.74, 6) is -0.215. The zero-order valence-corrected chi connectivity index (χ0v) is 14.9. The van der Waals surface area contributed by atoms with E-state index in [4.69, 9.17) is 0 Å². The summed E-state index contributed by atoms with van der Waals surface area (Å²) < 4.78 is 15.7. The predicted molar refractivity (Wildman–Crippen MR) is 104 cm³/mol. The molecule has 2 aromatic heterocycles. The van der Waals surface area contributed by atoms with Crippen molar-refractivity contribution in [2.24, 2.45) is 0 Å². The molecule has 0 saturated carbocycles. The Bertz CT molecular complexity index is 910. The fourth-order valence-electron chi connectivity index (χ4n) is 3.54. The average molecular weight is 347 g/mol. The van der Waals surface area contributed by atoms with Crippen molar-refractivity contribution in [2.45, 2.75) is 13.3 Å². The lowest BCUT2D eigenvalue weighted by Gasteiger charge is -2.26. The lowest BCUT2D eigenvalue weighted by molar-refractivity contribution is 0.316. The standard InChI is InChI=1S/C22H22FN3/c1-2-25-14-9-20(10-15-25)26-16-11-21(17-7-12-24-13-8-17)22(26)18-3-5-19(23)6-4-18/h3-9,11-13,16H,2,10,14-15H2,1H3. The number of hydrogen-bond donors (Lipinski definition) is 0. The topological polar surface area (TPSA) is 21.1 Å². The summed E-state index contributed by atoms with van der Waals surface area (Å²) in [5.41, 5.74) is 5.67. The van der Waals surface area contributed by atoms with E-state index in [1.54, 1.807) is 12.4 Å². The molecule has 0 saturated heterocycles. The molecule has 4 rings (SSSR count). The first-order valence-corrected chi connectivity index (χ1v) is 9.05. The van der Waals surface area contributed by atoms with Gasteiger partial charge in [-0.15, -0.1) is 0 Å². The van der Waals surface area contributed by atoms with E-state index in [1.165, 1.54) is 17.8 Å². The smallest absolute Gasteiger partial charge is 0.123 e. The van der Waals surface area contributed by atoms with Gasteiger partial charge in [0.05, 0.1) is 5.69 Å². The number of halogens is 1. The van der Waals surface area contributed by atoms with Gasteiger partial charge in [-0.2, -0.15) is 0 Å². The summed E-state index contributed by atoms with van der Waals surface area (Å²) in [5, 5.41) is 0. The van der Waals surface area contributed by atoms with Crippen LogP contribution in [0.2, 0.25) is 0 Å². The molecule has 3 heterocycles. The fraction of sp³-hybridized carbons (Fsp3) is 0.227. The molecule has 3 nitrogen and oxygen atoms in total. The molecule has 0 radical (unpaired) electrons. The molecule has 0 atom stereocenters. The maximum Gasteiger partial charge on any atom is 0.123 e. The Kier molecular flexibility index (Phi) is 4.67. The quantitative estimate of drug-likeness (QED) is 0.668. The zero-order chi connectivity index (χ0) is 17.9. The molecule has 0 spiro atoms. The van der Waals surface area contributed by atoms with Gasteiger partial charge in [0.2, 0.25) is 0 Å². The van der Waals surface area contributed by atoms with Crippen LogP contribution in [0.1, 0.15) is 13.3 Å². The Hall–Kier alpha value is -2.72. The van der Waals surface area contributed by atoms with Crippen LogP contribution in [-0.2, 0) is 0 Å². The molecule has 26 heavy (non-hydrogen) atoms. The Morgan fingerprint density at radius 2 is 1.77 bits per heavy atom. The highest BCUT2D eigenvalue weighted by Gasteiger charge is 2.18. The molecule has 132 valence electrons. The van der Waals surface area contributed by atoms with Crippen LogP contribution in [0.15, 0.2) is 67.1 Å². The number of hydrogen-bond acceptors (Lipinski definition) is 2. The summed E-state index contributed by atoms with van der Waals surface area (Å²) in [6.07, 6.45) is 9.05. The third-order valence-electron chi connectivity index (χ3n) is 5.02. The summed E-state index contributed by atoms with van der Waals surface area (Å²) in [6.45, 7) is 5.30. The second kappa shape index (κ2) is 7.26. The lowest BCUT2D eigenvalue weighted by Crippen LogP contribution is -2.29. The third-order valence-corrected chi connectivity index (χ3v) is 5.02. The highest BCUT2D eigenvalue weighted by molar-refractivity contribution is 5.84. The minimum atomic E-state index is -0.215. The fourth-order valence-corrected chi connectivity index (χ4v) is 3.54. The van der Waals surface area contributed by atoms with Crippen LogP contribution in [0.5, 0.6) is 0 Å². The molecule has 0 unspecified atom stereocenters. The Morgan fingerprint density at radius 1 is 1.00 bits per heavy atom. The van der Waals surface area contributed by atoms with Crippen molar-refractivity contribution in [2.75, 3.05) is 19.6 Å². The molecular formula is C22H22FN3. The number of pyridine rings is 1. The molecule has 1 aliphatic rings. The molecule has 0 amide bonds. The van der Waals surface area contributed by atoms with Crippen LogP contribution in [-0.4, -0.2) is 34.1 Å². The maximum atomic E-state index is 13.5. The second-order valence-corrected chi connectivity index (χ2v) is 6.53. The monoisotopic (exact) mass is 347 g/mol. The summed E-state index contributed by atoms with van der Waals surface area (Å²) >= 11 is 0. The first kappa shape index (κ1) is 16.7. The minimum absolute atomic E-state index is 0.215. The van der Waals surface area contributed by atoms with Crippen molar-refractivity contribution in [3.63, 3.8) is 0 Å². The number of aromatic nitrogens is 2. The van der Waals surface area contributed by atoms with Gasteiger partial charge in [-0.3, -0.25) is 9.88 Å². The second-order valence-electron chi connectivity index (χ2n) is 6.53. The molecule has 0 N–H and O–H groups in total. The number of nitrogens with zero attached hydrogens (tertiary/aromatic N) is 3. The van der Waals surface area contributed by atoms with E-state index in [0.29, 0.717) is 0 Å². The van der Waals surface area contributed by atoms with E-state index in [2.05, 4.69) is 39.7 Å². The minimum Gasteiger partial charge on any atom is -0.320 e. The molecule has 1 aromatic carbocycles. The normalized spacial score (nSPS) is 15.1. The van der Waals surface area contributed by atoms with Crippen molar-refractivity contribution in [1.29, 1.82) is 0 Å². The molecule has 1 aliphatic heterocycles. The van der Waals surface area contributed by atoms with E-state index >= 15 is 0 Å². The van der Waals surface area contributed by atoms with E-state index in [-0.39, 0.29) is 5.82 Å². The Labute approximate surface area is 153 Å². The number of likely N-dealkylation sites (N-methyl/N-ethyl adjacent to an activating group) is 1. The summed E-state index contributed by atoms with van der Waals surface area (Å²) in [4.78, 5) is 6.55. The van der Waals surface area contributed by atoms with E-state index < -0.39 is 0 Å². The number of benzene rings is 1. The van der Waals surface area contributed by atoms with Crippen molar-refractivity contribution < 1.29 is 4.39 Å². The Balaban J connectivity index is 1.84. The van der Waals surface area contributed by atoms with E-state index in [1.807, 2.05) is 24.3 Å². The van der Waals surface area contributed by atoms with Crippen LogP contribution < -0.4 is 0 Å². The van der Waals surface area contributed by atoms with E-state index in [9.17, 15) is 4.39 Å². The highest BCUT2D eigenvalue weighted by Crippen LogP contribution is 2.36. The molecular weight excluding hydrogens is 325 g/mol. The SMILES string of the molecule is CCN1CC=C(n2ccc(-c3ccncc3)c2-c2ccc(F)cc2)CC1. The highest BCUT2D eigenvalue weighted by atomic mass is 19.1. The van der Waals surface area contributed by atoms with Gasteiger partial charge in [0, 0.05) is 49.4 Å². The van der Waals surface area contributed by atoms with Crippen molar-refractivity contribution >= 4 is 5.70 Å². The van der Waals surface area contributed by atoms with Crippen molar-refractivity contribution in [3.8, 4) is 22.4 Å². The van der Waals surface area contributed by atoms with Crippen molar-refractivity contribution in [3.05, 3.63) is 72.9 Å². The van der Waals surface area contributed by atoms with Crippen LogP contribution in [0.25, 0.3) is 28.1 Å². The van der Waals surface area contributed by atoms with Crippen LogP contribution in [0, 0.1) is 5.82 Å². The van der Waals surface area contributed by atoms with Crippen LogP contribution >= 0.6 is 0 Å². The first-order chi connectivity index (χ1) is 12.8. The predicted octanol–water partition coefficient (Wildman–Crippen LogP) is 4.92. The average Bonchev–Trinajstić information content (AvgIpc) is 3.14. The van der Waals surface area contributed by atoms with E-state index in [0.717, 1.165) is 48.4 Å². The first-order valence-electron chi connectivity index (χ1n) is 9.05. The zero-order valence-electron chi connectivity index (χ0n) is 14.9. The maximum absolute atomic E-state index is 13.5. The van der Waals surface area contributed by atoms with Gasteiger partial charge < -0.3 is 4.57 Å². The van der Waals surface area contributed by atoms with Crippen LogP contribution in [0.4, 0.5) is 4.39 Å². The van der Waals surface area contributed by atoms with Gasteiger partial charge in [0.1, 0.15) is 5.82 Å². The molecule has 4 heteroatoms. The van der Waals surface area contributed by atoms with Gasteiger partial charge in [-0.25, -0.2) is 4.39 Å². The Morgan fingerprint density at radius 3 is 2.42 bits per heavy atom. The molecule has 0 fully saturated rings. The summed E-state index contributed by atoms with van der Waals surface area (Å²) in [6, 6.07) is 12.9. The van der Waals surface area contributed by atoms with Gasteiger partial charge in [0.15, 0.2) is 0 Å². The van der Waals surface area contributed by atoms with Gasteiger partial charge in [0.25, 0.3) is 0 Å². The van der Waals surface area contributed by atoms with Gasteiger partial charge >= 0.3 is 0 Å². The molecule has 0 aliphatic carbocycles. The van der Waals surface area contributed by atoms with Gasteiger partial charge in [-0.05, 0) is 60.1 Å².